The Bertz CT molecular complexity index is 321. The molecule has 14 heavy (non-hydrogen) atoms. The van der Waals surface area contributed by atoms with Crippen molar-refractivity contribution in [2.24, 2.45) is 5.92 Å². The molecule has 0 fully saturated rings. The number of carbonyl (C=O) groups excluding carboxylic acids is 1. The van der Waals surface area contributed by atoms with Crippen LogP contribution in [0.25, 0.3) is 0 Å². The average Bonchev–Trinajstić information content (AvgIpc) is 2.16. The Balaban J connectivity index is 2.97. The van der Waals surface area contributed by atoms with Crippen LogP contribution in [0.15, 0.2) is 18.5 Å². The summed E-state index contributed by atoms with van der Waals surface area (Å²) in [6.45, 7) is 4.21. The molecule has 1 heterocycles. The quantitative estimate of drug-likeness (QED) is 0.690. The number of pyridine rings is 1. The van der Waals surface area contributed by atoms with Gasteiger partial charge in [-0.1, -0.05) is 13.8 Å². The summed E-state index contributed by atoms with van der Waals surface area (Å²) in [7, 11) is 1.39. The number of carbonyl (C=O) groups is 1. The van der Waals surface area contributed by atoms with Gasteiger partial charge in [-0.15, -0.1) is 0 Å². The lowest BCUT2D eigenvalue weighted by molar-refractivity contribution is 0.0599. The summed E-state index contributed by atoms with van der Waals surface area (Å²) in [5.74, 6) is 0.214. The zero-order chi connectivity index (χ0) is 10.6. The van der Waals surface area contributed by atoms with Crippen LogP contribution in [-0.4, -0.2) is 18.1 Å². The highest BCUT2D eigenvalue weighted by atomic mass is 16.5. The van der Waals surface area contributed by atoms with Gasteiger partial charge in [0.15, 0.2) is 0 Å². The molecule has 0 atom stereocenters. The molecule has 0 saturated carbocycles. The van der Waals surface area contributed by atoms with Gasteiger partial charge >= 0.3 is 5.97 Å². The van der Waals surface area contributed by atoms with Crippen molar-refractivity contribution in [2.45, 2.75) is 20.3 Å². The first kappa shape index (κ1) is 10.7. The fraction of sp³-hybridized carbons (Fsp3) is 0.455. The average molecular weight is 193 g/mol. The highest BCUT2D eigenvalue weighted by Crippen LogP contribution is 2.13. The number of aromatic nitrogens is 1. The highest BCUT2D eigenvalue weighted by molar-refractivity contribution is 5.90. The summed E-state index contributed by atoms with van der Waals surface area (Å²) in [5, 5.41) is 0. The second-order valence-electron chi connectivity index (χ2n) is 3.62. The smallest absolute Gasteiger partial charge is 0.338 e. The van der Waals surface area contributed by atoms with Crippen LogP contribution in [0.5, 0.6) is 0 Å². The van der Waals surface area contributed by atoms with E-state index in [2.05, 4.69) is 18.8 Å². The van der Waals surface area contributed by atoms with Gasteiger partial charge in [-0.3, -0.25) is 4.98 Å². The minimum atomic E-state index is -0.289. The van der Waals surface area contributed by atoms with E-state index in [1.54, 1.807) is 18.5 Å². The third-order valence-electron chi connectivity index (χ3n) is 1.94. The van der Waals surface area contributed by atoms with Gasteiger partial charge in [0.2, 0.25) is 0 Å². The van der Waals surface area contributed by atoms with Crippen LogP contribution >= 0.6 is 0 Å². The first-order valence-electron chi connectivity index (χ1n) is 4.66. The van der Waals surface area contributed by atoms with Crippen molar-refractivity contribution in [1.82, 2.24) is 4.98 Å². The number of ether oxygens (including phenoxy) is 1. The van der Waals surface area contributed by atoms with Gasteiger partial charge in [0.25, 0.3) is 0 Å². The molecular weight excluding hydrogens is 178 g/mol. The summed E-state index contributed by atoms with van der Waals surface area (Å²) in [6.07, 6.45) is 4.18. The Morgan fingerprint density at radius 1 is 1.57 bits per heavy atom. The summed E-state index contributed by atoms with van der Waals surface area (Å²) in [6, 6.07) is 1.70. The fourth-order valence-corrected chi connectivity index (χ4v) is 1.34. The molecule has 0 aliphatic carbocycles. The van der Waals surface area contributed by atoms with E-state index in [0.717, 1.165) is 12.0 Å². The Kier molecular flexibility index (Phi) is 3.63. The Hall–Kier alpha value is -1.38. The third kappa shape index (κ3) is 2.55. The van der Waals surface area contributed by atoms with Crippen LogP contribution in [0.4, 0.5) is 0 Å². The van der Waals surface area contributed by atoms with Crippen molar-refractivity contribution in [3.8, 4) is 0 Å². The van der Waals surface area contributed by atoms with Crippen molar-refractivity contribution in [1.29, 1.82) is 0 Å². The van der Waals surface area contributed by atoms with Crippen molar-refractivity contribution < 1.29 is 9.53 Å². The molecule has 76 valence electrons. The van der Waals surface area contributed by atoms with Crippen molar-refractivity contribution >= 4 is 5.97 Å². The number of rotatable bonds is 3. The second kappa shape index (κ2) is 4.74. The molecule has 1 aromatic heterocycles. The maximum absolute atomic E-state index is 11.4. The van der Waals surface area contributed by atoms with E-state index < -0.39 is 0 Å². The predicted molar refractivity (Wildman–Crippen MR) is 54.1 cm³/mol. The van der Waals surface area contributed by atoms with Crippen LogP contribution in [0, 0.1) is 5.92 Å². The molecule has 0 N–H and O–H groups in total. The molecule has 0 aliphatic rings. The Labute approximate surface area is 84.1 Å². The zero-order valence-electron chi connectivity index (χ0n) is 8.78. The molecule has 0 bridgehead atoms. The van der Waals surface area contributed by atoms with Crippen molar-refractivity contribution in [3.05, 3.63) is 29.6 Å². The van der Waals surface area contributed by atoms with E-state index in [-0.39, 0.29) is 5.97 Å². The van der Waals surface area contributed by atoms with E-state index in [1.807, 2.05) is 0 Å². The van der Waals surface area contributed by atoms with Gasteiger partial charge in [0.1, 0.15) is 0 Å². The van der Waals surface area contributed by atoms with Crippen LogP contribution < -0.4 is 0 Å². The maximum Gasteiger partial charge on any atom is 0.338 e. The predicted octanol–water partition coefficient (Wildman–Crippen LogP) is 2.07. The Morgan fingerprint density at radius 2 is 2.29 bits per heavy atom. The van der Waals surface area contributed by atoms with E-state index in [9.17, 15) is 4.79 Å². The molecule has 1 rings (SSSR count). The van der Waals surface area contributed by atoms with E-state index in [4.69, 9.17) is 4.74 Å². The fourth-order valence-electron chi connectivity index (χ4n) is 1.34. The summed E-state index contributed by atoms with van der Waals surface area (Å²) < 4.78 is 4.69. The van der Waals surface area contributed by atoms with Crippen LogP contribution in [-0.2, 0) is 11.2 Å². The standard InChI is InChI=1S/C11H15NO2/c1-8(2)6-9-7-12-5-4-10(9)11(13)14-3/h4-5,7-8H,6H2,1-3H3. The normalized spacial score (nSPS) is 10.3. The van der Waals surface area contributed by atoms with Crippen LogP contribution in [0.2, 0.25) is 0 Å². The molecule has 0 radical (unpaired) electrons. The minimum absolute atomic E-state index is 0.289. The van der Waals surface area contributed by atoms with Gasteiger partial charge < -0.3 is 4.74 Å². The topological polar surface area (TPSA) is 39.2 Å². The zero-order valence-corrected chi connectivity index (χ0v) is 8.78. The SMILES string of the molecule is COC(=O)c1ccncc1CC(C)C. The van der Waals surface area contributed by atoms with E-state index in [0.29, 0.717) is 11.5 Å². The molecule has 0 aromatic carbocycles. The van der Waals surface area contributed by atoms with Crippen molar-refractivity contribution in [3.63, 3.8) is 0 Å². The monoisotopic (exact) mass is 193 g/mol. The number of nitrogens with zero attached hydrogens (tertiary/aromatic N) is 1. The summed E-state index contributed by atoms with van der Waals surface area (Å²) >= 11 is 0. The molecule has 3 heteroatoms. The maximum atomic E-state index is 11.4. The molecular formula is C11H15NO2. The van der Waals surface area contributed by atoms with Gasteiger partial charge in [-0.25, -0.2) is 4.79 Å². The summed E-state index contributed by atoms with van der Waals surface area (Å²) in [4.78, 5) is 15.4. The first-order valence-corrected chi connectivity index (χ1v) is 4.66. The lowest BCUT2D eigenvalue weighted by atomic mass is 10.0. The molecule has 0 aliphatic heterocycles. The molecule has 0 amide bonds. The minimum Gasteiger partial charge on any atom is -0.465 e. The molecule has 0 spiro atoms. The number of hydrogen-bond donors (Lipinski definition) is 0. The molecule has 1 aromatic rings. The third-order valence-corrected chi connectivity index (χ3v) is 1.94. The lowest BCUT2D eigenvalue weighted by Gasteiger charge is -2.08. The largest absolute Gasteiger partial charge is 0.465 e. The first-order chi connectivity index (χ1) is 6.65. The highest BCUT2D eigenvalue weighted by Gasteiger charge is 2.11. The van der Waals surface area contributed by atoms with Gasteiger partial charge in [-0.05, 0) is 24.0 Å². The van der Waals surface area contributed by atoms with Crippen LogP contribution in [0.1, 0.15) is 29.8 Å². The van der Waals surface area contributed by atoms with Crippen molar-refractivity contribution in [2.75, 3.05) is 7.11 Å². The second-order valence-corrected chi connectivity index (χ2v) is 3.62. The lowest BCUT2D eigenvalue weighted by Crippen LogP contribution is -2.08. The Morgan fingerprint density at radius 3 is 2.86 bits per heavy atom. The van der Waals surface area contributed by atoms with E-state index in [1.165, 1.54) is 7.11 Å². The molecule has 0 saturated heterocycles. The number of methoxy groups -OCH3 is 1. The molecule has 3 nitrogen and oxygen atoms in total. The van der Waals surface area contributed by atoms with E-state index >= 15 is 0 Å². The number of esters is 1. The van der Waals surface area contributed by atoms with Crippen LogP contribution in [0.3, 0.4) is 0 Å². The van der Waals surface area contributed by atoms with Gasteiger partial charge in [-0.2, -0.15) is 0 Å². The van der Waals surface area contributed by atoms with Gasteiger partial charge in [0.05, 0.1) is 12.7 Å². The molecule has 0 unspecified atom stereocenters. The summed E-state index contributed by atoms with van der Waals surface area (Å²) in [5.41, 5.74) is 1.57. The number of hydrogen-bond acceptors (Lipinski definition) is 3. The van der Waals surface area contributed by atoms with Gasteiger partial charge in [0, 0.05) is 12.4 Å².